The van der Waals surface area contributed by atoms with Crippen molar-refractivity contribution in [3.05, 3.63) is 45.4 Å². The van der Waals surface area contributed by atoms with E-state index >= 15 is 0 Å². The first-order valence-electron chi connectivity index (χ1n) is 3.62. The molecule has 0 aliphatic carbocycles. The van der Waals surface area contributed by atoms with Gasteiger partial charge in [-0.3, -0.25) is 0 Å². The van der Waals surface area contributed by atoms with Crippen molar-refractivity contribution in [2.45, 2.75) is 0 Å². The van der Waals surface area contributed by atoms with Crippen LogP contribution in [-0.2, 0) is 0 Å². The molecule has 65 valence electrons. The van der Waals surface area contributed by atoms with Gasteiger partial charge < -0.3 is 5.21 Å². The van der Waals surface area contributed by atoms with Crippen LogP contribution in [0.5, 0.6) is 0 Å². The van der Waals surface area contributed by atoms with E-state index in [0.717, 1.165) is 10.3 Å². The summed E-state index contributed by atoms with van der Waals surface area (Å²) in [4.78, 5) is 0. The topological polar surface area (TPSA) is 26.9 Å². The largest absolute Gasteiger partial charge is 0.617 e. The van der Waals surface area contributed by atoms with E-state index in [9.17, 15) is 5.21 Å². The normalized spacial score (nSPS) is 10.2. The minimum absolute atomic E-state index is 0.613. The smallest absolute Gasteiger partial charge is 0.359 e. The average molecular weight is 211 g/mol. The Labute approximate surface area is 84.6 Å². The highest BCUT2D eigenvalue weighted by Crippen LogP contribution is 2.19. The maximum absolute atomic E-state index is 11.1. The standard InChI is InChI=1S/C9H5ClNOS/c10-8-3-1-7(2-4-8)9-5-13-6-11(9)12/h1-5H. The van der Waals surface area contributed by atoms with Crippen LogP contribution in [-0.4, -0.2) is 0 Å². The Balaban J connectivity index is 2.47. The fourth-order valence-electron chi connectivity index (χ4n) is 1.03. The van der Waals surface area contributed by atoms with E-state index in [0.29, 0.717) is 10.7 Å². The van der Waals surface area contributed by atoms with E-state index in [1.807, 2.05) is 12.1 Å². The minimum atomic E-state index is 0.613. The van der Waals surface area contributed by atoms with Gasteiger partial charge in [-0.25, -0.2) is 0 Å². The molecular weight excluding hydrogens is 206 g/mol. The lowest BCUT2D eigenvalue weighted by atomic mass is 10.2. The van der Waals surface area contributed by atoms with Crippen molar-refractivity contribution in [3.8, 4) is 11.3 Å². The first-order chi connectivity index (χ1) is 6.27. The van der Waals surface area contributed by atoms with Gasteiger partial charge in [0.25, 0.3) is 0 Å². The molecule has 2 rings (SSSR count). The van der Waals surface area contributed by atoms with Crippen LogP contribution in [0.2, 0.25) is 5.02 Å². The van der Waals surface area contributed by atoms with Gasteiger partial charge in [-0.2, -0.15) is 0 Å². The molecule has 0 saturated heterocycles. The number of thiazole rings is 1. The number of rotatable bonds is 1. The van der Waals surface area contributed by atoms with Gasteiger partial charge in [-0.1, -0.05) is 22.9 Å². The van der Waals surface area contributed by atoms with Gasteiger partial charge in [0.05, 0.1) is 5.38 Å². The Morgan fingerprint density at radius 1 is 1.31 bits per heavy atom. The van der Waals surface area contributed by atoms with Crippen LogP contribution < -0.4 is 4.73 Å². The van der Waals surface area contributed by atoms with Crippen molar-refractivity contribution in [1.29, 1.82) is 0 Å². The molecular formula is C9H5ClNOS. The first-order valence-corrected chi connectivity index (χ1v) is 4.88. The van der Waals surface area contributed by atoms with Gasteiger partial charge in [0, 0.05) is 10.6 Å². The molecule has 0 atom stereocenters. The van der Waals surface area contributed by atoms with E-state index in [-0.39, 0.29) is 0 Å². The molecule has 0 aliphatic heterocycles. The number of hydrogen-bond acceptors (Lipinski definition) is 2. The Bertz CT molecular complexity index is 410. The molecule has 0 aliphatic rings. The highest BCUT2D eigenvalue weighted by atomic mass is 35.5. The van der Waals surface area contributed by atoms with E-state index in [4.69, 9.17) is 11.6 Å². The van der Waals surface area contributed by atoms with Crippen molar-refractivity contribution in [2.75, 3.05) is 0 Å². The molecule has 2 nitrogen and oxygen atoms in total. The Hall–Kier alpha value is -1.06. The minimum Gasteiger partial charge on any atom is -0.617 e. The van der Waals surface area contributed by atoms with Crippen LogP contribution in [0.1, 0.15) is 0 Å². The number of nitrogens with zero attached hydrogens (tertiary/aromatic N) is 1. The van der Waals surface area contributed by atoms with Crippen LogP contribution in [0.25, 0.3) is 11.3 Å². The second kappa shape index (κ2) is 3.36. The van der Waals surface area contributed by atoms with Crippen LogP contribution in [0.4, 0.5) is 0 Å². The molecule has 1 aromatic carbocycles. The van der Waals surface area contributed by atoms with Crippen molar-refractivity contribution in [3.63, 3.8) is 0 Å². The summed E-state index contributed by atoms with van der Waals surface area (Å²) in [5.41, 5.74) is 4.02. The maximum atomic E-state index is 11.1. The summed E-state index contributed by atoms with van der Waals surface area (Å²) in [6.45, 7) is 0. The second-order valence-corrected chi connectivity index (χ2v) is 3.60. The maximum Gasteiger partial charge on any atom is 0.359 e. The van der Waals surface area contributed by atoms with Gasteiger partial charge in [0.15, 0.2) is 0 Å². The molecule has 1 heterocycles. The zero-order valence-corrected chi connectivity index (χ0v) is 8.10. The van der Waals surface area contributed by atoms with Crippen molar-refractivity contribution in [1.82, 2.24) is 0 Å². The van der Waals surface area contributed by atoms with Gasteiger partial charge in [-0.15, -0.1) is 4.73 Å². The number of benzene rings is 1. The van der Waals surface area contributed by atoms with Crippen LogP contribution in [0, 0.1) is 10.7 Å². The molecule has 0 unspecified atom stereocenters. The molecule has 0 N–H and O–H groups in total. The quantitative estimate of drug-likeness (QED) is 0.525. The molecule has 0 saturated carbocycles. The predicted molar refractivity (Wildman–Crippen MR) is 52.6 cm³/mol. The molecule has 4 heteroatoms. The summed E-state index contributed by atoms with van der Waals surface area (Å²) < 4.78 is 0.730. The van der Waals surface area contributed by atoms with Crippen molar-refractivity contribution < 1.29 is 4.73 Å². The summed E-state index contributed by atoms with van der Waals surface area (Å²) in [6, 6.07) is 7.14. The molecule has 0 amide bonds. The van der Waals surface area contributed by atoms with Crippen LogP contribution in [0.3, 0.4) is 0 Å². The van der Waals surface area contributed by atoms with Gasteiger partial charge in [-0.05, 0) is 24.3 Å². The van der Waals surface area contributed by atoms with Crippen LogP contribution >= 0.6 is 22.9 Å². The van der Waals surface area contributed by atoms with Gasteiger partial charge in [0.1, 0.15) is 0 Å². The third-order valence-electron chi connectivity index (χ3n) is 1.66. The SMILES string of the molecule is [O-][n+]1[c]scc1-c1ccc(Cl)cc1. The molecule has 0 fully saturated rings. The second-order valence-electron chi connectivity index (χ2n) is 2.51. The highest BCUT2D eigenvalue weighted by Gasteiger charge is 2.09. The fraction of sp³-hybridized carbons (Fsp3) is 0. The van der Waals surface area contributed by atoms with E-state index < -0.39 is 0 Å². The predicted octanol–water partition coefficient (Wildman–Crippen LogP) is 2.50. The van der Waals surface area contributed by atoms with E-state index in [2.05, 4.69) is 5.51 Å². The molecule has 0 spiro atoms. The third kappa shape index (κ3) is 1.66. The van der Waals surface area contributed by atoms with Gasteiger partial charge in [0.2, 0.25) is 5.69 Å². The summed E-state index contributed by atoms with van der Waals surface area (Å²) >= 11 is 6.98. The fourth-order valence-corrected chi connectivity index (χ4v) is 1.75. The Morgan fingerprint density at radius 2 is 2.00 bits per heavy atom. The van der Waals surface area contributed by atoms with Crippen molar-refractivity contribution >= 4 is 22.9 Å². The summed E-state index contributed by atoms with van der Waals surface area (Å²) in [5, 5.41) is 13.6. The third-order valence-corrected chi connectivity index (χ3v) is 2.53. The van der Waals surface area contributed by atoms with E-state index in [1.54, 1.807) is 17.5 Å². The lowest BCUT2D eigenvalue weighted by Gasteiger charge is -1.97. The number of hydrogen-bond donors (Lipinski definition) is 0. The number of halogens is 1. The summed E-state index contributed by atoms with van der Waals surface area (Å²) in [5.74, 6) is 0. The molecule has 1 radical (unpaired) electrons. The van der Waals surface area contributed by atoms with E-state index in [1.165, 1.54) is 11.3 Å². The Morgan fingerprint density at radius 3 is 2.54 bits per heavy atom. The summed E-state index contributed by atoms with van der Waals surface area (Å²) in [7, 11) is 0. The lowest BCUT2D eigenvalue weighted by Crippen LogP contribution is -2.25. The Kier molecular flexibility index (Phi) is 2.20. The average Bonchev–Trinajstić information content (AvgIpc) is 2.53. The van der Waals surface area contributed by atoms with Crippen molar-refractivity contribution in [2.24, 2.45) is 0 Å². The molecule has 1 aromatic heterocycles. The van der Waals surface area contributed by atoms with Gasteiger partial charge >= 0.3 is 5.51 Å². The first kappa shape index (κ1) is 8.53. The molecule has 2 aromatic rings. The highest BCUT2D eigenvalue weighted by molar-refractivity contribution is 7.07. The summed E-state index contributed by atoms with van der Waals surface area (Å²) in [6.07, 6.45) is 0. The molecule has 13 heavy (non-hydrogen) atoms. The number of aromatic nitrogens is 1. The van der Waals surface area contributed by atoms with Crippen LogP contribution in [0.15, 0.2) is 29.6 Å². The zero-order chi connectivity index (χ0) is 9.26. The molecule has 0 bridgehead atoms. The monoisotopic (exact) mass is 210 g/mol. The lowest BCUT2D eigenvalue weighted by molar-refractivity contribution is -0.592. The zero-order valence-electron chi connectivity index (χ0n) is 6.53.